The lowest BCUT2D eigenvalue weighted by Gasteiger charge is -2.32. The number of thiophene rings is 1. The van der Waals surface area contributed by atoms with Crippen LogP contribution in [0.5, 0.6) is 0 Å². The van der Waals surface area contributed by atoms with Crippen LogP contribution < -0.4 is 5.73 Å². The molecule has 20 heavy (non-hydrogen) atoms. The largest absolute Gasteiger partial charge is 0.326 e. The molecule has 3 unspecified atom stereocenters. The first kappa shape index (κ1) is 16.0. The summed E-state index contributed by atoms with van der Waals surface area (Å²) in [5.74, 6) is 0. The minimum absolute atomic E-state index is 0.183. The topological polar surface area (TPSA) is 32.5 Å². The van der Waals surface area contributed by atoms with Crippen LogP contribution in [-0.2, 0) is 0 Å². The molecular weight excluding hydrogens is 266 g/mol. The predicted molar refractivity (Wildman–Crippen MR) is 88.3 cm³/mol. The molecule has 0 spiro atoms. The second-order valence-electron chi connectivity index (χ2n) is 5.93. The highest BCUT2D eigenvalue weighted by Gasteiger charge is 2.34. The summed E-state index contributed by atoms with van der Waals surface area (Å²) < 4.78 is 0. The van der Waals surface area contributed by atoms with Gasteiger partial charge in [0.1, 0.15) is 0 Å². The van der Waals surface area contributed by atoms with Crippen LogP contribution in [0.2, 0.25) is 0 Å². The molecule has 1 aromatic heterocycles. The molecule has 1 saturated heterocycles. The Kier molecular flexibility index (Phi) is 5.61. The van der Waals surface area contributed by atoms with E-state index in [9.17, 15) is 0 Å². The molecule has 0 saturated carbocycles. The first-order chi connectivity index (χ1) is 9.58. The molecule has 0 aliphatic carbocycles. The first-order valence-corrected chi connectivity index (χ1v) is 8.74. The van der Waals surface area contributed by atoms with Gasteiger partial charge in [0, 0.05) is 30.1 Å². The Hall–Kier alpha value is -0.420. The average molecular weight is 295 g/mol. The summed E-state index contributed by atoms with van der Waals surface area (Å²) in [5, 5.41) is 2.19. The van der Waals surface area contributed by atoms with Gasteiger partial charge in [-0.2, -0.15) is 0 Å². The van der Waals surface area contributed by atoms with Crippen molar-refractivity contribution in [2.45, 2.75) is 52.2 Å². The van der Waals surface area contributed by atoms with Crippen LogP contribution in [0.25, 0.3) is 0 Å². The standard InChI is InChI=1S/C16H29N3S/c1-5-18(6-2)14-7-9-19(11-14)15(13(4)17)16-12(3)8-10-20-16/h8,10,13-15H,5-7,9,11,17H2,1-4H3. The first-order valence-electron chi connectivity index (χ1n) is 7.86. The van der Waals surface area contributed by atoms with E-state index < -0.39 is 0 Å². The highest BCUT2D eigenvalue weighted by atomic mass is 32.1. The van der Waals surface area contributed by atoms with Crippen molar-refractivity contribution < 1.29 is 0 Å². The molecule has 3 nitrogen and oxygen atoms in total. The molecule has 0 aromatic carbocycles. The summed E-state index contributed by atoms with van der Waals surface area (Å²) in [7, 11) is 0. The summed E-state index contributed by atoms with van der Waals surface area (Å²) in [6, 6.07) is 3.48. The van der Waals surface area contributed by atoms with E-state index >= 15 is 0 Å². The van der Waals surface area contributed by atoms with E-state index in [4.69, 9.17) is 5.73 Å². The number of hydrogen-bond acceptors (Lipinski definition) is 4. The van der Waals surface area contributed by atoms with Gasteiger partial charge in [-0.05, 0) is 50.4 Å². The Morgan fingerprint density at radius 2 is 2.15 bits per heavy atom. The minimum atomic E-state index is 0.183. The van der Waals surface area contributed by atoms with E-state index in [1.165, 1.54) is 23.4 Å². The Morgan fingerprint density at radius 1 is 1.45 bits per heavy atom. The second-order valence-corrected chi connectivity index (χ2v) is 6.88. The van der Waals surface area contributed by atoms with Gasteiger partial charge < -0.3 is 5.73 Å². The monoisotopic (exact) mass is 295 g/mol. The molecule has 2 rings (SSSR count). The van der Waals surface area contributed by atoms with Gasteiger partial charge in [-0.1, -0.05) is 13.8 Å². The van der Waals surface area contributed by atoms with Gasteiger partial charge in [-0.3, -0.25) is 9.80 Å². The van der Waals surface area contributed by atoms with Crippen molar-refractivity contribution in [3.63, 3.8) is 0 Å². The van der Waals surface area contributed by atoms with Crippen LogP contribution in [0.3, 0.4) is 0 Å². The molecule has 2 heterocycles. The second kappa shape index (κ2) is 7.03. The third-order valence-corrected chi connectivity index (χ3v) is 5.67. The quantitative estimate of drug-likeness (QED) is 0.876. The van der Waals surface area contributed by atoms with Gasteiger partial charge in [0.15, 0.2) is 0 Å². The minimum Gasteiger partial charge on any atom is -0.326 e. The predicted octanol–water partition coefficient (Wildman–Crippen LogP) is 2.86. The fourth-order valence-electron chi connectivity index (χ4n) is 3.48. The van der Waals surface area contributed by atoms with E-state index in [2.05, 4.69) is 48.9 Å². The zero-order valence-electron chi connectivity index (χ0n) is 13.3. The Bertz CT molecular complexity index is 412. The maximum absolute atomic E-state index is 6.31. The average Bonchev–Trinajstić information content (AvgIpc) is 3.02. The van der Waals surface area contributed by atoms with Crippen molar-refractivity contribution in [3.05, 3.63) is 21.9 Å². The molecule has 3 atom stereocenters. The lowest BCUT2D eigenvalue weighted by atomic mass is 10.0. The fourth-order valence-corrected chi connectivity index (χ4v) is 4.66. The number of likely N-dealkylation sites (N-methyl/N-ethyl adjacent to an activating group) is 1. The van der Waals surface area contributed by atoms with Gasteiger partial charge in [0.2, 0.25) is 0 Å². The van der Waals surface area contributed by atoms with Crippen LogP contribution in [0.15, 0.2) is 11.4 Å². The number of nitrogens with two attached hydrogens (primary N) is 1. The summed E-state index contributed by atoms with van der Waals surface area (Å²) in [5.41, 5.74) is 7.71. The van der Waals surface area contributed by atoms with E-state index in [0.717, 1.165) is 19.6 Å². The molecule has 4 heteroatoms. The summed E-state index contributed by atoms with van der Waals surface area (Å²) in [6.45, 7) is 13.5. The van der Waals surface area contributed by atoms with Crippen molar-refractivity contribution in [1.29, 1.82) is 0 Å². The Balaban J connectivity index is 2.11. The SMILES string of the molecule is CCN(CC)C1CCN(C(c2sccc2C)C(C)N)C1. The molecular formula is C16H29N3S. The zero-order valence-corrected chi connectivity index (χ0v) is 14.1. The molecule has 0 bridgehead atoms. The van der Waals surface area contributed by atoms with Crippen LogP contribution in [0.1, 0.15) is 43.7 Å². The molecule has 1 aliphatic heterocycles. The smallest absolute Gasteiger partial charge is 0.0593 e. The summed E-state index contributed by atoms with van der Waals surface area (Å²) in [4.78, 5) is 6.65. The molecule has 1 aliphatic rings. The molecule has 1 fully saturated rings. The van der Waals surface area contributed by atoms with Crippen molar-refractivity contribution in [2.75, 3.05) is 26.2 Å². The summed E-state index contributed by atoms with van der Waals surface area (Å²) >= 11 is 1.86. The van der Waals surface area contributed by atoms with Gasteiger partial charge >= 0.3 is 0 Å². The van der Waals surface area contributed by atoms with E-state index in [1.54, 1.807) is 0 Å². The van der Waals surface area contributed by atoms with Gasteiger partial charge in [0.05, 0.1) is 6.04 Å². The van der Waals surface area contributed by atoms with Crippen LogP contribution in [0.4, 0.5) is 0 Å². The highest BCUT2D eigenvalue weighted by molar-refractivity contribution is 7.10. The number of likely N-dealkylation sites (tertiary alicyclic amines) is 1. The van der Waals surface area contributed by atoms with Crippen molar-refractivity contribution in [1.82, 2.24) is 9.80 Å². The van der Waals surface area contributed by atoms with Gasteiger partial charge in [-0.15, -0.1) is 11.3 Å². The fraction of sp³-hybridized carbons (Fsp3) is 0.750. The Labute approximate surface area is 127 Å². The lowest BCUT2D eigenvalue weighted by molar-refractivity contribution is 0.178. The Morgan fingerprint density at radius 3 is 2.65 bits per heavy atom. The normalized spacial score (nSPS) is 23.4. The lowest BCUT2D eigenvalue weighted by Crippen LogP contribution is -2.41. The van der Waals surface area contributed by atoms with Crippen molar-refractivity contribution in [3.8, 4) is 0 Å². The molecule has 0 radical (unpaired) electrons. The van der Waals surface area contributed by atoms with Crippen molar-refractivity contribution >= 4 is 11.3 Å². The molecule has 1 aromatic rings. The van der Waals surface area contributed by atoms with E-state index in [1.807, 2.05) is 11.3 Å². The zero-order chi connectivity index (χ0) is 14.7. The number of nitrogens with zero attached hydrogens (tertiary/aromatic N) is 2. The number of rotatable bonds is 6. The summed E-state index contributed by atoms with van der Waals surface area (Å²) in [6.07, 6.45) is 1.27. The van der Waals surface area contributed by atoms with Crippen LogP contribution in [0, 0.1) is 6.92 Å². The maximum Gasteiger partial charge on any atom is 0.0593 e. The molecule has 0 amide bonds. The van der Waals surface area contributed by atoms with Gasteiger partial charge in [-0.25, -0.2) is 0 Å². The van der Waals surface area contributed by atoms with E-state index in [0.29, 0.717) is 12.1 Å². The number of hydrogen-bond donors (Lipinski definition) is 1. The third-order valence-electron chi connectivity index (χ3n) is 4.59. The third kappa shape index (κ3) is 3.25. The highest BCUT2D eigenvalue weighted by Crippen LogP contribution is 2.33. The van der Waals surface area contributed by atoms with Gasteiger partial charge in [0.25, 0.3) is 0 Å². The maximum atomic E-state index is 6.31. The van der Waals surface area contributed by atoms with Crippen LogP contribution in [-0.4, -0.2) is 48.1 Å². The van der Waals surface area contributed by atoms with Crippen LogP contribution >= 0.6 is 11.3 Å². The van der Waals surface area contributed by atoms with Crippen molar-refractivity contribution in [2.24, 2.45) is 5.73 Å². The van der Waals surface area contributed by atoms with E-state index in [-0.39, 0.29) is 6.04 Å². The molecule has 114 valence electrons. The number of aryl methyl sites for hydroxylation is 1. The molecule has 2 N–H and O–H groups in total.